The van der Waals surface area contributed by atoms with Crippen LogP contribution in [0.1, 0.15) is 74.7 Å². The Hall–Kier alpha value is -2.29. The number of carbonyl (C=O) groups excluding carboxylic acids is 3. The van der Waals surface area contributed by atoms with Crippen LogP contribution in [0.5, 0.6) is 0 Å². The quantitative estimate of drug-likeness (QED) is 0.148. The Balaban J connectivity index is 1.55. The number of aliphatic hydroxyl groups is 7. The lowest BCUT2D eigenvalue weighted by Crippen LogP contribution is -2.64. The molecular formula is C36H52O12. The average molecular weight is 677 g/mol. The summed E-state index contributed by atoms with van der Waals surface area (Å²) in [7, 11) is 0. The Bertz CT molecular complexity index is 1450. The van der Waals surface area contributed by atoms with Crippen LogP contribution in [0.3, 0.4) is 0 Å². The number of Topliss-reactive ketones (excluding diaryl/α,β-unsaturated/α-hetero) is 2. The number of ketones is 3. The van der Waals surface area contributed by atoms with Crippen LogP contribution in [-0.2, 0) is 23.9 Å². The standard InChI is InChI=1S/C36H52O12/c1-31(2,45)12-11-23(39)36(8,46)28-19(38)14-33(5)22-10-9-17-18(35(22,7)24(40)15-34(28,33)6)13-20(29(44)32(17,3)4)47-30-27(43)26(42)25(41)21(16-37)48-30/h9,11-13,18-19,21-22,25-28,30,37-38,41-43,45-46H,10,14-16H2,1-8H3/b12-11+/t18-,19-,21-,22+,25-,26+,27-,28+,30-,33+,34-,35+,36-/m1/s1. The molecule has 3 fully saturated rings. The van der Waals surface area contributed by atoms with Crippen LogP contribution in [-0.4, -0.2) is 108 Å². The first-order chi connectivity index (χ1) is 21.9. The highest BCUT2D eigenvalue weighted by atomic mass is 16.7. The molecule has 0 bridgehead atoms. The molecule has 0 unspecified atom stereocenters. The Morgan fingerprint density at radius 3 is 2.21 bits per heavy atom. The van der Waals surface area contributed by atoms with Gasteiger partial charge in [0.2, 0.25) is 12.1 Å². The fourth-order valence-corrected chi connectivity index (χ4v) is 9.94. The fourth-order valence-electron chi connectivity index (χ4n) is 9.94. The molecule has 1 aliphatic heterocycles. The van der Waals surface area contributed by atoms with Crippen molar-refractivity contribution >= 4 is 17.3 Å². The van der Waals surface area contributed by atoms with Crippen molar-refractivity contribution in [3.8, 4) is 0 Å². The topological polar surface area (TPSA) is 211 Å². The zero-order chi connectivity index (χ0) is 36.2. The lowest BCUT2D eigenvalue weighted by Gasteiger charge is -2.63. The summed E-state index contributed by atoms with van der Waals surface area (Å²) in [5.74, 6) is -3.51. The molecule has 268 valence electrons. The summed E-state index contributed by atoms with van der Waals surface area (Å²) in [6, 6.07) is 0. The number of ether oxygens (including phenoxy) is 2. The monoisotopic (exact) mass is 676 g/mol. The summed E-state index contributed by atoms with van der Waals surface area (Å²) in [6.45, 7) is 12.8. The lowest BCUT2D eigenvalue weighted by atomic mass is 9.39. The summed E-state index contributed by atoms with van der Waals surface area (Å²) in [5.41, 5.74) is -6.65. The van der Waals surface area contributed by atoms with Gasteiger partial charge in [0.1, 0.15) is 35.8 Å². The van der Waals surface area contributed by atoms with E-state index in [-0.39, 0.29) is 24.4 Å². The van der Waals surface area contributed by atoms with Crippen molar-refractivity contribution in [3.05, 3.63) is 35.6 Å². The normalized spacial score (nSPS) is 45.4. The molecule has 1 saturated heterocycles. The molecule has 0 aromatic rings. The summed E-state index contributed by atoms with van der Waals surface area (Å²) in [5, 5.41) is 74.4. The van der Waals surface area contributed by atoms with Gasteiger partial charge in [-0.25, -0.2) is 0 Å². The Kier molecular flexibility index (Phi) is 8.96. The van der Waals surface area contributed by atoms with E-state index in [2.05, 4.69) is 0 Å². The first-order valence-corrected chi connectivity index (χ1v) is 16.7. The van der Waals surface area contributed by atoms with Crippen LogP contribution < -0.4 is 0 Å². The molecular weight excluding hydrogens is 624 g/mol. The molecule has 1 heterocycles. The van der Waals surface area contributed by atoms with Gasteiger partial charge in [-0.3, -0.25) is 14.4 Å². The van der Waals surface area contributed by atoms with Gasteiger partial charge < -0.3 is 45.2 Å². The second-order valence-electron chi connectivity index (χ2n) is 16.7. The number of carbonyl (C=O) groups is 3. The zero-order valence-electron chi connectivity index (χ0n) is 29.0. The first kappa shape index (κ1) is 37.0. The number of hydrogen-bond acceptors (Lipinski definition) is 12. The van der Waals surface area contributed by atoms with E-state index < -0.39 is 106 Å². The maximum atomic E-state index is 14.7. The second kappa shape index (κ2) is 11.6. The van der Waals surface area contributed by atoms with Gasteiger partial charge in [-0.05, 0) is 76.4 Å². The molecule has 2 saturated carbocycles. The fraction of sp³-hybridized carbons (Fsp3) is 0.750. The molecule has 12 nitrogen and oxygen atoms in total. The van der Waals surface area contributed by atoms with Gasteiger partial charge in [0.25, 0.3) is 0 Å². The second-order valence-corrected chi connectivity index (χ2v) is 16.7. The third-order valence-corrected chi connectivity index (χ3v) is 12.9. The van der Waals surface area contributed by atoms with Crippen molar-refractivity contribution < 1.29 is 59.6 Å². The van der Waals surface area contributed by atoms with Gasteiger partial charge in [-0.2, -0.15) is 0 Å². The molecule has 0 aromatic carbocycles. The predicted octanol–water partition coefficient (Wildman–Crippen LogP) is 0.878. The van der Waals surface area contributed by atoms with Crippen molar-refractivity contribution in [2.45, 2.75) is 123 Å². The van der Waals surface area contributed by atoms with Crippen LogP contribution in [0.4, 0.5) is 0 Å². The average Bonchev–Trinajstić information content (AvgIpc) is 3.19. The van der Waals surface area contributed by atoms with E-state index in [1.165, 1.54) is 26.8 Å². The van der Waals surface area contributed by atoms with E-state index in [9.17, 15) is 50.1 Å². The maximum absolute atomic E-state index is 14.7. The molecule has 7 N–H and O–H groups in total. The molecule has 0 radical (unpaired) electrons. The number of allylic oxidation sites excluding steroid dienone is 4. The first-order valence-electron chi connectivity index (χ1n) is 16.7. The largest absolute Gasteiger partial charge is 0.459 e. The van der Waals surface area contributed by atoms with E-state index in [0.29, 0.717) is 6.42 Å². The molecule has 4 aliphatic carbocycles. The van der Waals surface area contributed by atoms with Gasteiger partial charge in [0.05, 0.1) is 23.7 Å². The van der Waals surface area contributed by atoms with Gasteiger partial charge in [-0.15, -0.1) is 0 Å². The summed E-state index contributed by atoms with van der Waals surface area (Å²) in [4.78, 5) is 41.9. The lowest BCUT2D eigenvalue weighted by molar-refractivity contribution is -0.291. The summed E-state index contributed by atoms with van der Waals surface area (Å²) >= 11 is 0. The van der Waals surface area contributed by atoms with Crippen molar-refractivity contribution in [1.29, 1.82) is 0 Å². The third-order valence-electron chi connectivity index (χ3n) is 12.9. The molecule has 48 heavy (non-hydrogen) atoms. The highest BCUT2D eigenvalue weighted by Crippen LogP contribution is 2.73. The van der Waals surface area contributed by atoms with Gasteiger partial charge in [-0.1, -0.05) is 38.5 Å². The maximum Gasteiger partial charge on any atom is 0.229 e. The molecule has 0 spiro atoms. The SMILES string of the molecule is CC(C)(O)/C=C/C(=O)[C@@](C)(O)[C@H]1[C@H](O)C[C@@]2(C)[C@@H]3CC=C4[C@@H](C=C(O[C@@H]5O[C@H](CO)[C@@H](O)[C@H](O)[C@H]5O)C(=O)C4(C)C)[C@]3(C)C(=O)C[C@]12C. The third kappa shape index (κ3) is 5.21. The van der Waals surface area contributed by atoms with E-state index in [4.69, 9.17) is 9.47 Å². The van der Waals surface area contributed by atoms with E-state index in [1.807, 2.05) is 26.8 Å². The van der Waals surface area contributed by atoms with Crippen LogP contribution >= 0.6 is 0 Å². The molecule has 13 atom stereocenters. The van der Waals surface area contributed by atoms with E-state index in [0.717, 1.165) is 11.6 Å². The highest BCUT2D eigenvalue weighted by Gasteiger charge is 2.74. The highest BCUT2D eigenvalue weighted by molar-refractivity contribution is 6.02. The molecule has 5 aliphatic rings. The summed E-state index contributed by atoms with van der Waals surface area (Å²) < 4.78 is 11.5. The Morgan fingerprint density at radius 2 is 1.62 bits per heavy atom. The Morgan fingerprint density at radius 1 is 1.00 bits per heavy atom. The number of hydrogen-bond donors (Lipinski definition) is 7. The summed E-state index contributed by atoms with van der Waals surface area (Å²) in [6.07, 6.45) is -2.56. The number of rotatable bonds is 7. The zero-order valence-corrected chi connectivity index (χ0v) is 29.0. The van der Waals surface area contributed by atoms with E-state index >= 15 is 0 Å². The van der Waals surface area contributed by atoms with Crippen molar-refractivity contribution in [1.82, 2.24) is 0 Å². The number of fused-ring (bicyclic) bond motifs is 5. The van der Waals surface area contributed by atoms with Crippen LogP contribution in [0, 0.1) is 39.4 Å². The van der Waals surface area contributed by atoms with Crippen molar-refractivity contribution in [3.63, 3.8) is 0 Å². The minimum absolute atomic E-state index is 0.0637. The molecule has 12 heteroatoms. The van der Waals surface area contributed by atoms with E-state index in [1.54, 1.807) is 19.9 Å². The van der Waals surface area contributed by atoms with Crippen molar-refractivity contribution in [2.24, 2.45) is 39.4 Å². The molecule has 0 aromatic heterocycles. The minimum Gasteiger partial charge on any atom is -0.459 e. The molecule has 0 amide bonds. The Labute approximate surface area is 281 Å². The van der Waals surface area contributed by atoms with Gasteiger partial charge >= 0.3 is 0 Å². The number of aliphatic hydroxyl groups excluding tert-OH is 5. The minimum atomic E-state index is -2.05. The van der Waals surface area contributed by atoms with Crippen LogP contribution in [0.2, 0.25) is 0 Å². The molecule has 5 rings (SSSR count). The van der Waals surface area contributed by atoms with Gasteiger partial charge in [0, 0.05) is 23.7 Å². The predicted molar refractivity (Wildman–Crippen MR) is 171 cm³/mol. The smallest absolute Gasteiger partial charge is 0.229 e. The van der Waals surface area contributed by atoms with Gasteiger partial charge in [0.15, 0.2) is 11.5 Å². The van der Waals surface area contributed by atoms with Crippen LogP contribution in [0.25, 0.3) is 0 Å². The van der Waals surface area contributed by atoms with Crippen LogP contribution in [0.15, 0.2) is 35.6 Å². The van der Waals surface area contributed by atoms with Crippen molar-refractivity contribution in [2.75, 3.05) is 6.61 Å².